The lowest BCUT2D eigenvalue weighted by Gasteiger charge is -2.35. The third kappa shape index (κ3) is 2.87. The Labute approximate surface area is 83.4 Å². The van der Waals surface area contributed by atoms with E-state index in [1.165, 1.54) is 32.6 Å². The third-order valence-electron chi connectivity index (χ3n) is 2.47. The summed E-state index contributed by atoms with van der Waals surface area (Å²) in [6.45, 7) is 9.54. The number of piperazine rings is 1. The summed E-state index contributed by atoms with van der Waals surface area (Å²) in [5.74, 6) is 0. The number of rotatable bonds is 2. The molecule has 0 radical (unpaired) electrons. The Hall–Kier alpha value is 0.650. The Kier molecular flexibility index (Phi) is 4.09. The van der Waals surface area contributed by atoms with Gasteiger partial charge in [-0.1, -0.05) is 6.92 Å². The van der Waals surface area contributed by atoms with Crippen LogP contribution in [0, 0.1) is 0 Å². The molecule has 1 fully saturated rings. The van der Waals surface area contributed by atoms with Gasteiger partial charge in [-0.15, -0.1) is 0 Å². The molecule has 1 aliphatic rings. The molecule has 1 rings (SSSR count). The minimum atomic E-state index is 0.778. The van der Waals surface area contributed by atoms with Gasteiger partial charge in [0.25, 0.3) is 0 Å². The smallest absolute Gasteiger partial charge is 0.0209 e. The first kappa shape index (κ1) is 9.74. The van der Waals surface area contributed by atoms with Crippen LogP contribution >= 0.6 is 22.9 Å². The summed E-state index contributed by atoms with van der Waals surface area (Å²) in [6, 6.07) is 0.778. The molecule has 0 N–H and O–H groups in total. The number of hydrogen-bond donors (Lipinski definition) is 0. The second kappa shape index (κ2) is 4.62. The Morgan fingerprint density at radius 3 is 2.27 bits per heavy atom. The lowest BCUT2D eigenvalue weighted by molar-refractivity contribution is 0.155. The van der Waals surface area contributed by atoms with Crippen LogP contribution in [0.5, 0.6) is 0 Å². The number of hydrogen-bond acceptors (Lipinski definition) is 2. The summed E-state index contributed by atoms with van der Waals surface area (Å²) in [6.07, 6.45) is 1.28. The first-order valence-electron chi connectivity index (χ1n) is 4.38. The van der Waals surface area contributed by atoms with E-state index in [2.05, 4.69) is 44.7 Å². The highest BCUT2D eigenvalue weighted by atomic mass is 127. The van der Waals surface area contributed by atoms with Crippen molar-refractivity contribution in [3.8, 4) is 0 Å². The second-order valence-electron chi connectivity index (χ2n) is 3.20. The van der Waals surface area contributed by atoms with Crippen LogP contribution in [-0.2, 0) is 0 Å². The summed E-state index contributed by atoms with van der Waals surface area (Å²) in [5.41, 5.74) is 0. The van der Waals surface area contributed by atoms with E-state index in [0.717, 1.165) is 6.04 Å². The molecule has 1 saturated heterocycles. The van der Waals surface area contributed by atoms with Crippen LogP contribution in [0.1, 0.15) is 20.3 Å². The molecule has 0 amide bonds. The lowest BCUT2D eigenvalue weighted by Crippen LogP contribution is -2.46. The summed E-state index contributed by atoms with van der Waals surface area (Å²) >= 11 is 2.41. The van der Waals surface area contributed by atoms with E-state index in [1.54, 1.807) is 0 Å². The standard InChI is InChI=1S/C8H17IN2/c1-3-8(2)10-4-6-11(9)7-5-10/h8H,3-7H2,1-2H3. The highest BCUT2D eigenvalue weighted by Gasteiger charge is 2.17. The molecule has 1 unspecified atom stereocenters. The van der Waals surface area contributed by atoms with Gasteiger partial charge in [-0.05, 0) is 13.3 Å². The molecule has 0 aromatic rings. The van der Waals surface area contributed by atoms with Crippen LogP contribution in [0.4, 0.5) is 0 Å². The molecule has 1 heterocycles. The minimum Gasteiger partial charge on any atom is -0.298 e. The zero-order valence-corrected chi connectivity index (χ0v) is 9.54. The zero-order valence-electron chi connectivity index (χ0n) is 7.39. The first-order chi connectivity index (χ1) is 5.24. The summed E-state index contributed by atoms with van der Waals surface area (Å²) in [7, 11) is 0. The second-order valence-corrected chi connectivity index (χ2v) is 4.57. The van der Waals surface area contributed by atoms with Crippen LogP contribution < -0.4 is 0 Å². The van der Waals surface area contributed by atoms with Gasteiger partial charge < -0.3 is 0 Å². The van der Waals surface area contributed by atoms with Crippen LogP contribution in [0.25, 0.3) is 0 Å². The Morgan fingerprint density at radius 1 is 1.27 bits per heavy atom. The van der Waals surface area contributed by atoms with E-state index in [9.17, 15) is 0 Å². The number of halogens is 1. The normalized spacial score (nSPS) is 25.4. The SMILES string of the molecule is CCC(C)N1CCN(I)CC1. The van der Waals surface area contributed by atoms with Gasteiger partial charge in [0.15, 0.2) is 0 Å². The van der Waals surface area contributed by atoms with E-state index >= 15 is 0 Å². The average molecular weight is 268 g/mol. The largest absolute Gasteiger partial charge is 0.298 e. The quantitative estimate of drug-likeness (QED) is 0.556. The molecule has 0 spiro atoms. The topological polar surface area (TPSA) is 6.48 Å². The van der Waals surface area contributed by atoms with Crippen LogP contribution in [0.15, 0.2) is 0 Å². The lowest BCUT2D eigenvalue weighted by atomic mass is 10.2. The van der Waals surface area contributed by atoms with Gasteiger partial charge in [-0.25, -0.2) is 3.11 Å². The van der Waals surface area contributed by atoms with E-state index < -0.39 is 0 Å². The van der Waals surface area contributed by atoms with Gasteiger partial charge >= 0.3 is 0 Å². The summed E-state index contributed by atoms with van der Waals surface area (Å²) in [4.78, 5) is 2.58. The van der Waals surface area contributed by atoms with Crippen molar-refractivity contribution in [2.75, 3.05) is 26.2 Å². The maximum Gasteiger partial charge on any atom is 0.0209 e. The Morgan fingerprint density at radius 2 is 1.82 bits per heavy atom. The van der Waals surface area contributed by atoms with Gasteiger partial charge in [0.1, 0.15) is 0 Å². The molecule has 3 heteroatoms. The van der Waals surface area contributed by atoms with Crippen molar-refractivity contribution >= 4 is 22.9 Å². The molecular weight excluding hydrogens is 251 g/mol. The van der Waals surface area contributed by atoms with Crippen molar-refractivity contribution in [1.82, 2.24) is 8.01 Å². The van der Waals surface area contributed by atoms with E-state index in [0.29, 0.717) is 0 Å². The van der Waals surface area contributed by atoms with Gasteiger partial charge in [-0.2, -0.15) is 0 Å². The Balaban J connectivity index is 2.27. The molecule has 0 aromatic carbocycles. The fraction of sp³-hybridized carbons (Fsp3) is 1.00. The van der Waals surface area contributed by atoms with Gasteiger partial charge in [0.2, 0.25) is 0 Å². The van der Waals surface area contributed by atoms with E-state index in [-0.39, 0.29) is 0 Å². The molecular formula is C8H17IN2. The van der Waals surface area contributed by atoms with Crippen LogP contribution in [0.3, 0.4) is 0 Å². The van der Waals surface area contributed by atoms with Crippen molar-refractivity contribution in [2.45, 2.75) is 26.3 Å². The highest BCUT2D eigenvalue weighted by molar-refractivity contribution is 14.1. The van der Waals surface area contributed by atoms with E-state index in [1.807, 2.05) is 0 Å². The van der Waals surface area contributed by atoms with Crippen molar-refractivity contribution in [3.63, 3.8) is 0 Å². The van der Waals surface area contributed by atoms with Crippen molar-refractivity contribution in [3.05, 3.63) is 0 Å². The van der Waals surface area contributed by atoms with Crippen molar-refractivity contribution < 1.29 is 0 Å². The molecule has 0 saturated carbocycles. The molecule has 2 nitrogen and oxygen atoms in total. The van der Waals surface area contributed by atoms with Crippen molar-refractivity contribution in [1.29, 1.82) is 0 Å². The summed E-state index contributed by atoms with van der Waals surface area (Å²) in [5, 5.41) is 0. The van der Waals surface area contributed by atoms with Crippen LogP contribution in [0.2, 0.25) is 0 Å². The fourth-order valence-electron chi connectivity index (χ4n) is 1.40. The molecule has 11 heavy (non-hydrogen) atoms. The molecule has 66 valence electrons. The Bertz CT molecular complexity index is 111. The van der Waals surface area contributed by atoms with Gasteiger partial charge in [0.05, 0.1) is 0 Å². The zero-order chi connectivity index (χ0) is 8.27. The van der Waals surface area contributed by atoms with Crippen LogP contribution in [-0.4, -0.2) is 40.2 Å². The predicted octanol–water partition coefficient (Wildman–Crippen LogP) is 1.75. The molecule has 0 aromatic heterocycles. The number of nitrogens with zero attached hydrogens (tertiary/aromatic N) is 2. The third-order valence-corrected chi connectivity index (χ3v) is 3.44. The highest BCUT2D eigenvalue weighted by Crippen LogP contribution is 2.10. The van der Waals surface area contributed by atoms with E-state index in [4.69, 9.17) is 0 Å². The van der Waals surface area contributed by atoms with Gasteiger partial charge in [0, 0.05) is 55.1 Å². The maximum absolute atomic E-state index is 2.58. The minimum absolute atomic E-state index is 0.778. The van der Waals surface area contributed by atoms with Gasteiger partial charge in [-0.3, -0.25) is 4.90 Å². The predicted molar refractivity (Wildman–Crippen MR) is 56.9 cm³/mol. The maximum atomic E-state index is 2.58. The first-order valence-corrected chi connectivity index (χ1v) is 5.35. The fourth-order valence-corrected chi connectivity index (χ4v) is 1.83. The molecule has 0 aliphatic carbocycles. The molecule has 1 aliphatic heterocycles. The monoisotopic (exact) mass is 268 g/mol. The average Bonchev–Trinajstić information content (AvgIpc) is 2.05. The summed E-state index contributed by atoms with van der Waals surface area (Å²) < 4.78 is 2.37. The molecule has 1 atom stereocenters. The molecule has 0 bridgehead atoms. The van der Waals surface area contributed by atoms with Crippen molar-refractivity contribution in [2.24, 2.45) is 0 Å².